The Bertz CT molecular complexity index is 526. The van der Waals surface area contributed by atoms with Crippen molar-refractivity contribution in [1.29, 1.82) is 0 Å². The van der Waals surface area contributed by atoms with E-state index in [1.165, 1.54) is 6.07 Å². The smallest absolute Gasteiger partial charge is 0.261 e. The molecule has 0 bridgehead atoms. The Labute approximate surface area is 113 Å². The van der Waals surface area contributed by atoms with Crippen LogP contribution in [0.1, 0.15) is 11.1 Å². The summed E-state index contributed by atoms with van der Waals surface area (Å²) in [5.41, 5.74) is 1.43. The number of rotatable bonds is 5. The SMILES string of the molecule is Cc1c(OCCN(C)C)ccc(S(=O)(=O)Cl)c1C. The Morgan fingerprint density at radius 3 is 2.33 bits per heavy atom. The first-order chi connectivity index (χ1) is 8.23. The molecule has 0 N–H and O–H groups in total. The molecule has 18 heavy (non-hydrogen) atoms. The highest BCUT2D eigenvalue weighted by molar-refractivity contribution is 8.13. The minimum absolute atomic E-state index is 0.140. The molecule has 0 aliphatic rings. The van der Waals surface area contributed by atoms with Crippen LogP contribution in [0.25, 0.3) is 0 Å². The largest absolute Gasteiger partial charge is 0.492 e. The highest BCUT2D eigenvalue weighted by atomic mass is 35.7. The van der Waals surface area contributed by atoms with Gasteiger partial charge in [0.25, 0.3) is 9.05 Å². The normalized spacial score (nSPS) is 11.9. The van der Waals surface area contributed by atoms with Crippen LogP contribution < -0.4 is 4.74 Å². The lowest BCUT2D eigenvalue weighted by Gasteiger charge is -2.15. The summed E-state index contributed by atoms with van der Waals surface area (Å²) in [6.45, 7) is 4.91. The van der Waals surface area contributed by atoms with Crippen molar-refractivity contribution in [1.82, 2.24) is 4.90 Å². The highest BCUT2D eigenvalue weighted by Gasteiger charge is 2.16. The van der Waals surface area contributed by atoms with Crippen LogP contribution in [0, 0.1) is 13.8 Å². The van der Waals surface area contributed by atoms with E-state index >= 15 is 0 Å². The van der Waals surface area contributed by atoms with E-state index in [4.69, 9.17) is 15.4 Å². The molecule has 0 heterocycles. The van der Waals surface area contributed by atoms with Gasteiger partial charge >= 0.3 is 0 Å². The van der Waals surface area contributed by atoms with Crippen LogP contribution in [0.2, 0.25) is 0 Å². The average Bonchev–Trinajstić information content (AvgIpc) is 2.22. The third-order valence-corrected chi connectivity index (χ3v) is 4.21. The van der Waals surface area contributed by atoms with Gasteiger partial charge in [0, 0.05) is 17.2 Å². The lowest BCUT2D eigenvalue weighted by Crippen LogP contribution is -2.19. The molecule has 0 unspecified atom stereocenters. The molecule has 6 heteroatoms. The lowest BCUT2D eigenvalue weighted by molar-refractivity contribution is 0.260. The van der Waals surface area contributed by atoms with E-state index < -0.39 is 9.05 Å². The molecular formula is C12H18ClNO3S. The summed E-state index contributed by atoms with van der Waals surface area (Å²) in [6, 6.07) is 3.13. The fourth-order valence-electron chi connectivity index (χ4n) is 1.53. The van der Waals surface area contributed by atoms with Gasteiger partial charge in [0.1, 0.15) is 12.4 Å². The van der Waals surface area contributed by atoms with Gasteiger partial charge in [-0.3, -0.25) is 0 Å². The minimum atomic E-state index is -3.70. The second kappa shape index (κ2) is 5.91. The average molecular weight is 292 g/mol. The van der Waals surface area contributed by atoms with Gasteiger partial charge < -0.3 is 9.64 Å². The van der Waals surface area contributed by atoms with Gasteiger partial charge in [0.15, 0.2) is 0 Å². The zero-order valence-corrected chi connectivity index (χ0v) is 12.6. The maximum absolute atomic E-state index is 11.3. The molecule has 0 atom stereocenters. The predicted octanol–water partition coefficient (Wildman–Crippen LogP) is 2.17. The summed E-state index contributed by atoms with van der Waals surface area (Å²) in [7, 11) is 5.59. The third-order valence-electron chi connectivity index (χ3n) is 2.75. The maximum atomic E-state index is 11.3. The van der Waals surface area contributed by atoms with E-state index in [0.717, 1.165) is 12.1 Å². The van der Waals surface area contributed by atoms with Crippen LogP contribution in [-0.4, -0.2) is 40.6 Å². The van der Waals surface area contributed by atoms with Crippen molar-refractivity contribution in [2.45, 2.75) is 18.7 Å². The fraction of sp³-hybridized carbons (Fsp3) is 0.500. The molecule has 0 aliphatic heterocycles. The fourth-order valence-corrected chi connectivity index (χ4v) is 2.78. The first-order valence-electron chi connectivity index (χ1n) is 5.56. The van der Waals surface area contributed by atoms with Crippen LogP contribution in [-0.2, 0) is 9.05 Å². The van der Waals surface area contributed by atoms with Gasteiger partial charge in [-0.1, -0.05) is 0 Å². The summed E-state index contributed by atoms with van der Waals surface area (Å²) in [5, 5.41) is 0. The van der Waals surface area contributed by atoms with E-state index in [1.54, 1.807) is 13.0 Å². The topological polar surface area (TPSA) is 46.6 Å². The van der Waals surface area contributed by atoms with Gasteiger partial charge in [-0.05, 0) is 51.2 Å². The van der Waals surface area contributed by atoms with Crippen molar-refractivity contribution < 1.29 is 13.2 Å². The second-order valence-corrected chi connectivity index (χ2v) is 6.94. The molecule has 0 aromatic heterocycles. The molecule has 4 nitrogen and oxygen atoms in total. The molecule has 102 valence electrons. The number of hydrogen-bond acceptors (Lipinski definition) is 4. The number of halogens is 1. The second-order valence-electron chi connectivity index (χ2n) is 4.40. The molecule has 0 spiro atoms. The predicted molar refractivity (Wildman–Crippen MR) is 73.0 cm³/mol. The number of nitrogens with zero attached hydrogens (tertiary/aromatic N) is 1. The summed E-state index contributed by atoms with van der Waals surface area (Å²) in [5.74, 6) is 0.693. The first kappa shape index (κ1) is 15.3. The Balaban J connectivity index is 2.95. The molecule has 1 aromatic carbocycles. The molecule has 0 radical (unpaired) electrons. The molecular weight excluding hydrogens is 274 g/mol. The van der Waals surface area contributed by atoms with Crippen molar-refractivity contribution in [3.63, 3.8) is 0 Å². The molecule has 1 rings (SSSR count). The molecule has 0 amide bonds. The standard InChI is InChI=1S/C12H18ClNO3S/c1-9-10(2)12(18(13,15)16)6-5-11(9)17-8-7-14(3)4/h5-6H,7-8H2,1-4H3. The Morgan fingerprint density at radius 2 is 1.83 bits per heavy atom. The highest BCUT2D eigenvalue weighted by Crippen LogP contribution is 2.28. The summed E-state index contributed by atoms with van der Waals surface area (Å²) >= 11 is 0. The molecule has 0 saturated carbocycles. The number of benzene rings is 1. The number of hydrogen-bond donors (Lipinski definition) is 0. The molecule has 0 saturated heterocycles. The number of likely N-dealkylation sites (N-methyl/N-ethyl adjacent to an activating group) is 1. The van der Waals surface area contributed by atoms with E-state index in [2.05, 4.69) is 0 Å². The van der Waals surface area contributed by atoms with E-state index in [-0.39, 0.29) is 4.90 Å². The Kier molecular flexibility index (Phi) is 5.01. The van der Waals surface area contributed by atoms with Gasteiger partial charge in [0.05, 0.1) is 4.90 Å². The summed E-state index contributed by atoms with van der Waals surface area (Å²) < 4.78 is 28.3. The quantitative estimate of drug-likeness (QED) is 0.780. The van der Waals surface area contributed by atoms with E-state index in [1.807, 2.05) is 25.9 Å². The van der Waals surface area contributed by atoms with Crippen LogP contribution in [0.5, 0.6) is 5.75 Å². The molecule has 1 aromatic rings. The van der Waals surface area contributed by atoms with Crippen molar-refractivity contribution in [2.24, 2.45) is 0 Å². The monoisotopic (exact) mass is 291 g/mol. The van der Waals surface area contributed by atoms with Crippen molar-refractivity contribution in [3.05, 3.63) is 23.3 Å². The number of ether oxygens (including phenoxy) is 1. The van der Waals surface area contributed by atoms with Crippen LogP contribution in [0.3, 0.4) is 0 Å². The van der Waals surface area contributed by atoms with Crippen LogP contribution in [0.4, 0.5) is 0 Å². The lowest BCUT2D eigenvalue weighted by atomic mass is 10.1. The van der Waals surface area contributed by atoms with E-state index in [9.17, 15) is 8.42 Å². The minimum Gasteiger partial charge on any atom is -0.492 e. The van der Waals surface area contributed by atoms with E-state index in [0.29, 0.717) is 17.9 Å². The van der Waals surface area contributed by atoms with Crippen molar-refractivity contribution in [2.75, 3.05) is 27.2 Å². The van der Waals surface area contributed by atoms with Gasteiger partial charge in [-0.2, -0.15) is 0 Å². The van der Waals surface area contributed by atoms with Crippen LogP contribution in [0.15, 0.2) is 17.0 Å². The van der Waals surface area contributed by atoms with Crippen LogP contribution >= 0.6 is 10.7 Å². The van der Waals surface area contributed by atoms with Gasteiger partial charge in [0.2, 0.25) is 0 Å². The molecule has 0 fully saturated rings. The van der Waals surface area contributed by atoms with Gasteiger partial charge in [-0.15, -0.1) is 0 Å². The van der Waals surface area contributed by atoms with Crippen molar-refractivity contribution >= 4 is 19.7 Å². The third kappa shape index (κ3) is 3.86. The first-order valence-corrected chi connectivity index (χ1v) is 7.87. The zero-order chi connectivity index (χ0) is 13.9. The maximum Gasteiger partial charge on any atom is 0.261 e. The Morgan fingerprint density at radius 1 is 1.22 bits per heavy atom. The van der Waals surface area contributed by atoms with Crippen molar-refractivity contribution in [3.8, 4) is 5.75 Å². The summed E-state index contributed by atoms with van der Waals surface area (Å²) in [4.78, 5) is 2.15. The van der Waals surface area contributed by atoms with Gasteiger partial charge in [-0.25, -0.2) is 8.42 Å². The summed E-state index contributed by atoms with van der Waals surface area (Å²) in [6.07, 6.45) is 0. The Hall–Kier alpha value is -0.780. The molecule has 0 aliphatic carbocycles. The zero-order valence-electron chi connectivity index (χ0n) is 11.0.